The molecule has 1 aromatic carbocycles. The second-order valence-corrected chi connectivity index (χ2v) is 8.40. The third-order valence-electron chi connectivity index (χ3n) is 5.39. The summed E-state index contributed by atoms with van der Waals surface area (Å²) >= 11 is 2.03. The van der Waals surface area contributed by atoms with Crippen LogP contribution in [-0.4, -0.2) is 68.2 Å². The molecule has 0 aromatic heterocycles. The van der Waals surface area contributed by atoms with Crippen LogP contribution in [0.25, 0.3) is 0 Å². The number of guanidine groups is 1. The average Bonchev–Trinajstić information content (AvgIpc) is 2.76. The fourth-order valence-electron chi connectivity index (χ4n) is 3.75. The number of rotatable bonds is 5. The van der Waals surface area contributed by atoms with Crippen molar-refractivity contribution in [2.24, 2.45) is 10.9 Å². The number of benzene rings is 1. The van der Waals surface area contributed by atoms with E-state index in [-0.39, 0.29) is 11.9 Å². The molecule has 154 valence electrons. The monoisotopic (exact) mass is 404 g/mol. The Labute approximate surface area is 172 Å². The molecule has 0 radical (unpaired) electrons. The van der Waals surface area contributed by atoms with Crippen LogP contribution in [0.2, 0.25) is 0 Å². The lowest BCUT2D eigenvalue weighted by Gasteiger charge is -2.33. The zero-order valence-corrected chi connectivity index (χ0v) is 17.8. The zero-order chi connectivity index (χ0) is 19.8. The molecule has 0 bridgehead atoms. The van der Waals surface area contributed by atoms with Gasteiger partial charge in [0.2, 0.25) is 0 Å². The molecule has 1 aromatic rings. The Balaban J connectivity index is 1.47. The predicted octanol–water partition coefficient (Wildman–Crippen LogP) is 2.59. The maximum atomic E-state index is 11.9. The molecular weight excluding hydrogens is 372 g/mol. The Morgan fingerprint density at radius 2 is 1.86 bits per heavy atom. The summed E-state index contributed by atoms with van der Waals surface area (Å²) in [4.78, 5) is 21.0. The van der Waals surface area contributed by atoms with Gasteiger partial charge in [0, 0.05) is 57.0 Å². The number of carbonyl (C=O) groups excluding carboxylic acids is 1. The summed E-state index contributed by atoms with van der Waals surface area (Å²) in [5.41, 5.74) is 2.56. The van der Waals surface area contributed by atoms with Crippen LogP contribution < -0.4 is 10.2 Å². The second-order valence-electron chi connectivity index (χ2n) is 7.18. The van der Waals surface area contributed by atoms with Crippen molar-refractivity contribution in [3.8, 4) is 0 Å². The summed E-state index contributed by atoms with van der Waals surface area (Å²) in [6.07, 6.45) is 1.64. The fraction of sp³-hybridized carbons (Fsp3) is 0.619. The number of carbonyl (C=O) groups is 1. The molecule has 0 aliphatic carbocycles. The van der Waals surface area contributed by atoms with E-state index < -0.39 is 0 Å². The van der Waals surface area contributed by atoms with Crippen LogP contribution in [0.1, 0.15) is 25.3 Å². The van der Waals surface area contributed by atoms with Gasteiger partial charge >= 0.3 is 5.97 Å². The highest BCUT2D eigenvalue weighted by atomic mass is 32.2. The van der Waals surface area contributed by atoms with Crippen molar-refractivity contribution in [1.29, 1.82) is 0 Å². The van der Waals surface area contributed by atoms with Gasteiger partial charge in [0.05, 0.1) is 12.5 Å². The van der Waals surface area contributed by atoms with Crippen LogP contribution in [-0.2, 0) is 16.1 Å². The lowest BCUT2D eigenvalue weighted by molar-refractivity contribution is -0.149. The van der Waals surface area contributed by atoms with Crippen LogP contribution in [0.3, 0.4) is 0 Å². The molecule has 2 saturated heterocycles. The van der Waals surface area contributed by atoms with Crippen molar-refractivity contribution < 1.29 is 9.53 Å². The van der Waals surface area contributed by atoms with Crippen molar-refractivity contribution in [1.82, 2.24) is 10.2 Å². The number of hydrogen-bond donors (Lipinski definition) is 1. The molecule has 0 unspecified atom stereocenters. The first-order valence-corrected chi connectivity index (χ1v) is 11.4. The highest BCUT2D eigenvalue weighted by Gasteiger charge is 2.27. The molecule has 0 atom stereocenters. The van der Waals surface area contributed by atoms with E-state index in [0.29, 0.717) is 6.61 Å². The van der Waals surface area contributed by atoms with Gasteiger partial charge < -0.3 is 19.9 Å². The number of hydrogen-bond acceptors (Lipinski definition) is 5. The SMILES string of the molecule is CCOC(=O)C1CCN(C(=NC)NCc2ccc(N3CCSCC3)cc2)CC1. The van der Waals surface area contributed by atoms with E-state index in [9.17, 15) is 4.79 Å². The number of nitrogens with zero attached hydrogens (tertiary/aromatic N) is 3. The second kappa shape index (κ2) is 10.6. The fourth-order valence-corrected chi connectivity index (χ4v) is 4.65. The number of aliphatic imine (C=N–C) groups is 1. The Hall–Kier alpha value is -1.89. The molecule has 1 N–H and O–H groups in total. The van der Waals surface area contributed by atoms with Crippen molar-refractivity contribution in [3.05, 3.63) is 29.8 Å². The van der Waals surface area contributed by atoms with Gasteiger partial charge in [-0.15, -0.1) is 0 Å². The Morgan fingerprint density at radius 3 is 2.46 bits per heavy atom. The van der Waals surface area contributed by atoms with Gasteiger partial charge in [-0.25, -0.2) is 0 Å². The molecule has 2 heterocycles. The minimum atomic E-state index is -0.0579. The van der Waals surface area contributed by atoms with Crippen LogP contribution >= 0.6 is 11.8 Å². The predicted molar refractivity (Wildman–Crippen MR) is 117 cm³/mol. The number of ether oxygens (including phenoxy) is 1. The zero-order valence-electron chi connectivity index (χ0n) is 17.0. The first-order valence-electron chi connectivity index (χ1n) is 10.2. The van der Waals surface area contributed by atoms with Gasteiger partial charge in [-0.2, -0.15) is 11.8 Å². The minimum Gasteiger partial charge on any atom is -0.466 e. The molecule has 2 aliphatic heterocycles. The summed E-state index contributed by atoms with van der Waals surface area (Å²) in [6.45, 7) is 6.99. The first kappa shape index (κ1) is 20.8. The molecule has 2 fully saturated rings. The molecule has 0 spiro atoms. The Kier molecular flexibility index (Phi) is 7.89. The van der Waals surface area contributed by atoms with Crippen LogP contribution in [0.5, 0.6) is 0 Å². The third kappa shape index (κ3) is 5.56. The molecule has 3 rings (SSSR count). The van der Waals surface area contributed by atoms with Gasteiger partial charge in [0.1, 0.15) is 0 Å². The highest BCUT2D eigenvalue weighted by molar-refractivity contribution is 7.99. The van der Waals surface area contributed by atoms with E-state index in [0.717, 1.165) is 51.5 Å². The molecule has 28 heavy (non-hydrogen) atoms. The topological polar surface area (TPSA) is 57.2 Å². The molecule has 2 aliphatic rings. The smallest absolute Gasteiger partial charge is 0.309 e. The number of likely N-dealkylation sites (tertiary alicyclic amines) is 1. The number of piperidine rings is 1. The molecule has 0 amide bonds. The van der Waals surface area contributed by atoms with Crippen LogP contribution in [0, 0.1) is 5.92 Å². The standard InChI is InChI=1S/C21H32N4O2S/c1-3-27-20(26)18-8-10-25(11-9-18)21(22-2)23-16-17-4-6-19(7-5-17)24-12-14-28-15-13-24/h4-7,18H,3,8-16H2,1-2H3,(H,22,23). The molecule has 6 nitrogen and oxygen atoms in total. The number of esters is 1. The van der Waals surface area contributed by atoms with Gasteiger partial charge in [0.25, 0.3) is 0 Å². The third-order valence-corrected chi connectivity index (χ3v) is 6.33. The van der Waals surface area contributed by atoms with E-state index in [2.05, 4.69) is 44.4 Å². The summed E-state index contributed by atoms with van der Waals surface area (Å²) in [7, 11) is 1.82. The lowest BCUT2D eigenvalue weighted by Crippen LogP contribution is -2.46. The van der Waals surface area contributed by atoms with E-state index in [1.165, 1.54) is 22.8 Å². The largest absolute Gasteiger partial charge is 0.466 e. The van der Waals surface area contributed by atoms with E-state index in [4.69, 9.17) is 4.74 Å². The van der Waals surface area contributed by atoms with E-state index >= 15 is 0 Å². The van der Waals surface area contributed by atoms with Gasteiger partial charge in [-0.3, -0.25) is 9.79 Å². The van der Waals surface area contributed by atoms with Crippen LogP contribution in [0.4, 0.5) is 5.69 Å². The maximum Gasteiger partial charge on any atom is 0.309 e. The number of anilines is 1. The first-order chi connectivity index (χ1) is 13.7. The number of thioether (sulfide) groups is 1. The van der Waals surface area contributed by atoms with Crippen molar-refractivity contribution >= 4 is 29.4 Å². The van der Waals surface area contributed by atoms with Crippen molar-refractivity contribution in [2.45, 2.75) is 26.3 Å². The van der Waals surface area contributed by atoms with Gasteiger partial charge in [-0.1, -0.05) is 12.1 Å². The highest BCUT2D eigenvalue weighted by Crippen LogP contribution is 2.21. The maximum absolute atomic E-state index is 11.9. The Bertz CT molecular complexity index is 651. The lowest BCUT2D eigenvalue weighted by atomic mass is 9.97. The summed E-state index contributed by atoms with van der Waals surface area (Å²) in [6, 6.07) is 8.84. The van der Waals surface area contributed by atoms with Gasteiger partial charge in [-0.05, 0) is 37.5 Å². The van der Waals surface area contributed by atoms with E-state index in [1.807, 2.05) is 25.7 Å². The minimum absolute atomic E-state index is 0.0232. The normalized spacial score (nSPS) is 18.9. The molecule has 7 heteroatoms. The summed E-state index contributed by atoms with van der Waals surface area (Å²) in [5.74, 6) is 3.30. The molecular formula is C21H32N4O2S. The average molecular weight is 405 g/mol. The van der Waals surface area contributed by atoms with Crippen molar-refractivity contribution in [3.63, 3.8) is 0 Å². The van der Waals surface area contributed by atoms with Crippen molar-refractivity contribution in [2.75, 3.05) is 56.2 Å². The van der Waals surface area contributed by atoms with Crippen LogP contribution in [0.15, 0.2) is 29.3 Å². The number of nitrogens with one attached hydrogen (secondary N) is 1. The van der Waals surface area contributed by atoms with E-state index in [1.54, 1.807) is 0 Å². The van der Waals surface area contributed by atoms with Gasteiger partial charge in [0.15, 0.2) is 5.96 Å². The Morgan fingerprint density at radius 1 is 1.18 bits per heavy atom. The summed E-state index contributed by atoms with van der Waals surface area (Å²) < 4.78 is 5.15. The quantitative estimate of drug-likeness (QED) is 0.463. The molecule has 0 saturated carbocycles. The summed E-state index contributed by atoms with van der Waals surface area (Å²) in [5, 5.41) is 3.47.